The van der Waals surface area contributed by atoms with E-state index in [2.05, 4.69) is 10.3 Å². The molecule has 2 aromatic rings. The third-order valence-electron chi connectivity index (χ3n) is 2.99. The van der Waals surface area contributed by atoms with Crippen molar-refractivity contribution in [2.24, 2.45) is 0 Å². The van der Waals surface area contributed by atoms with Crippen LogP contribution in [0.15, 0.2) is 30.7 Å². The highest BCUT2D eigenvalue weighted by atomic mass is 19.4. The Balaban J connectivity index is 2.02. The first-order valence-electron chi connectivity index (χ1n) is 6.45. The molecule has 11 heteroatoms. The van der Waals surface area contributed by atoms with Crippen molar-refractivity contribution in [3.8, 4) is 0 Å². The maximum absolute atomic E-state index is 13.0. The minimum Gasteiger partial charge on any atom is -0.358 e. The number of nitrogens with one attached hydrogen (secondary N) is 1. The normalized spacial score (nSPS) is 11.3. The number of imidazole rings is 1. The molecule has 0 unspecified atom stereocenters. The molecule has 0 aliphatic carbocycles. The number of rotatable bonds is 5. The molecule has 0 bridgehead atoms. The van der Waals surface area contributed by atoms with Crippen LogP contribution in [0.5, 0.6) is 0 Å². The minimum atomic E-state index is -4.76. The van der Waals surface area contributed by atoms with Gasteiger partial charge >= 0.3 is 12.0 Å². The lowest BCUT2D eigenvalue weighted by Gasteiger charge is -2.13. The molecule has 0 radical (unpaired) electrons. The van der Waals surface area contributed by atoms with E-state index < -0.39 is 40.8 Å². The Labute approximate surface area is 132 Å². The number of aromatic nitrogens is 2. The maximum Gasteiger partial charge on any atom is 0.416 e. The summed E-state index contributed by atoms with van der Waals surface area (Å²) in [7, 11) is 0. The molecular formula is C13H10F4N4O3. The molecule has 0 aliphatic heterocycles. The zero-order valence-electron chi connectivity index (χ0n) is 11.9. The number of hydrogen-bond donors (Lipinski definition) is 1. The molecule has 0 saturated carbocycles. The van der Waals surface area contributed by atoms with Crippen molar-refractivity contribution in [3.63, 3.8) is 0 Å². The van der Waals surface area contributed by atoms with Crippen LogP contribution in [0.25, 0.3) is 0 Å². The molecule has 128 valence electrons. The smallest absolute Gasteiger partial charge is 0.358 e. The van der Waals surface area contributed by atoms with Crippen LogP contribution < -0.4 is 5.32 Å². The molecule has 1 amide bonds. The first-order valence-corrected chi connectivity index (χ1v) is 6.45. The molecule has 0 fully saturated rings. The van der Waals surface area contributed by atoms with Crippen molar-refractivity contribution in [2.45, 2.75) is 19.3 Å². The van der Waals surface area contributed by atoms with Gasteiger partial charge in [-0.1, -0.05) is 6.07 Å². The number of benzene rings is 1. The van der Waals surface area contributed by atoms with Crippen LogP contribution in [0.3, 0.4) is 0 Å². The summed E-state index contributed by atoms with van der Waals surface area (Å²) in [5, 5.41) is 12.7. The Morgan fingerprint density at radius 1 is 1.38 bits per heavy atom. The van der Waals surface area contributed by atoms with Gasteiger partial charge in [-0.25, -0.2) is 4.39 Å². The standard InChI is InChI=1S/C13H10F4N4O3/c14-9-2-1-8(10(3-9)13(15,16)17)4-18-12(22)6-20-5-11(19-7-20)21(23)24/h1-3,5,7H,4,6H2,(H,18,22). The minimum absolute atomic E-state index is 0.297. The summed E-state index contributed by atoms with van der Waals surface area (Å²) < 4.78 is 52.6. The summed E-state index contributed by atoms with van der Waals surface area (Å²) in [6, 6.07) is 2.14. The van der Waals surface area contributed by atoms with E-state index in [1.54, 1.807) is 0 Å². The molecule has 0 saturated heterocycles. The molecule has 0 spiro atoms. The van der Waals surface area contributed by atoms with Crippen LogP contribution in [-0.4, -0.2) is 20.4 Å². The summed E-state index contributed by atoms with van der Waals surface area (Å²) in [5.74, 6) is -2.18. The fourth-order valence-corrected chi connectivity index (χ4v) is 1.91. The van der Waals surface area contributed by atoms with Crippen LogP contribution in [0.4, 0.5) is 23.4 Å². The summed E-state index contributed by atoms with van der Waals surface area (Å²) in [4.78, 5) is 24.9. The summed E-state index contributed by atoms with van der Waals surface area (Å²) >= 11 is 0. The molecule has 24 heavy (non-hydrogen) atoms. The number of nitro groups is 1. The molecule has 0 aliphatic rings. The van der Waals surface area contributed by atoms with Gasteiger partial charge in [0.25, 0.3) is 0 Å². The predicted octanol–water partition coefficient (Wildman–Crippen LogP) is 2.27. The van der Waals surface area contributed by atoms with E-state index in [9.17, 15) is 32.5 Å². The van der Waals surface area contributed by atoms with E-state index in [1.807, 2.05) is 0 Å². The first-order chi connectivity index (χ1) is 11.2. The molecular weight excluding hydrogens is 336 g/mol. The lowest BCUT2D eigenvalue weighted by atomic mass is 10.1. The number of carbonyl (C=O) groups excluding carboxylic acids is 1. The van der Waals surface area contributed by atoms with Gasteiger partial charge in [0.2, 0.25) is 12.2 Å². The lowest BCUT2D eigenvalue weighted by Crippen LogP contribution is -2.27. The van der Waals surface area contributed by atoms with Crippen LogP contribution in [0.2, 0.25) is 0 Å². The van der Waals surface area contributed by atoms with Gasteiger partial charge in [0.1, 0.15) is 18.6 Å². The third-order valence-corrected chi connectivity index (χ3v) is 2.99. The third kappa shape index (κ3) is 4.27. The Morgan fingerprint density at radius 2 is 2.08 bits per heavy atom. The summed E-state index contributed by atoms with van der Waals surface area (Å²) in [5.41, 5.74) is -1.48. The van der Waals surface area contributed by atoms with Gasteiger partial charge in [0.05, 0.1) is 5.56 Å². The summed E-state index contributed by atoms with van der Waals surface area (Å²) in [6.07, 6.45) is -2.69. The van der Waals surface area contributed by atoms with E-state index in [-0.39, 0.29) is 12.1 Å². The highest BCUT2D eigenvalue weighted by molar-refractivity contribution is 5.75. The van der Waals surface area contributed by atoms with Crippen molar-refractivity contribution < 1.29 is 27.3 Å². The van der Waals surface area contributed by atoms with Gasteiger partial charge in [-0.2, -0.15) is 13.2 Å². The Morgan fingerprint density at radius 3 is 2.67 bits per heavy atom. The average Bonchev–Trinajstić information content (AvgIpc) is 2.93. The fourth-order valence-electron chi connectivity index (χ4n) is 1.91. The van der Waals surface area contributed by atoms with E-state index in [0.29, 0.717) is 6.07 Å². The fraction of sp³-hybridized carbons (Fsp3) is 0.231. The molecule has 2 rings (SSSR count). The highest BCUT2D eigenvalue weighted by Gasteiger charge is 2.33. The second kappa shape index (κ2) is 6.64. The largest absolute Gasteiger partial charge is 0.416 e. The van der Waals surface area contributed by atoms with Crippen molar-refractivity contribution in [2.75, 3.05) is 0 Å². The van der Waals surface area contributed by atoms with Gasteiger partial charge in [0, 0.05) is 6.54 Å². The highest BCUT2D eigenvalue weighted by Crippen LogP contribution is 2.32. The SMILES string of the molecule is O=C(Cn1cnc([N+](=O)[O-])c1)NCc1ccc(F)cc1C(F)(F)F. The number of amides is 1. The van der Waals surface area contributed by atoms with Crippen molar-refractivity contribution >= 4 is 11.7 Å². The van der Waals surface area contributed by atoms with Gasteiger partial charge in [-0.05, 0) is 27.6 Å². The van der Waals surface area contributed by atoms with Gasteiger partial charge < -0.3 is 20.0 Å². The van der Waals surface area contributed by atoms with Crippen molar-refractivity contribution in [1.29, 1.82) is 0 Å². The van der Waals surface area contributed by atoms with Gasteiger partial charge in [-0.3, -0.25) is 4.79 Å². The predicted molar refractivity (Wildman–Crippen MR) is 72.1 cm³/mol. The Hall–Kier alpha value is -2.98. The quantitative estimate of drug-likeness (QED) is 0.511. The van der Waals surface area contributed by atoms with Crippen LogP contribution in [-0.2, 0) is 24.1 Å². The lowest BCUT2D eigenvalue weighted by molar-refractivity contribution is -0.389. The first kappa shape index (κ1) is 17.4. The molecule has 1 heterocycles. The molecule has 1 aromatic heterocycles. The second-order valence-corrected chi connectivity index (χ2v) is 4.74. The zero-order valence-corrected chi connectivity index (χ0v) is 11.9. The number of carbonyl (C=O) groups is 1. The number of hydrogen-bond acceptors (Lipinski definition) is 4. The average molecular weight is 346 g/mol. The number of halogens is 4. The van der Waals surface area contributed by atoms with E-state index in [1.165, 1.54) is 0 Å². The molecule has 0 atom stereocenters. The van der Waals surface area contributed by atoms with Crippen LogP contribution in [0, 0.1) is 15.9 Å². The topological polar surface area (TPSA) is 90.1 Å². The van der Waals surface area contributed by atoms with E-state index in [4.69, 9.17) is 0 Å². The Kier molecular flexibility index (Phi) is 4.81. The van der Waals surface area contributed by atoms with Gasteiger partial charge in [-0.15, -0.1) is 0 Å². The van der Waals surface area contributed by atoms with Gasteiger partial charge in [0.15, 0.2) is 0 Å². The molecule has 1 aromatic carbocycles. The van der Waals surface area contributed by atoms with Crippen LogP contribution in [0.1, 0.15) is 11.1 Å². The maximum atomic E-state index is 13.0. The Bertz CT molecular complexity index is 773. The van der Waals surface area contributed by atoms with Crippen LogP contribution >= 0.6 is 0 Å². The molecule has 1 N–H and O–H groups in total. The van der Waals surface area contributed by atoms with Crippen molar-refractivity contribution in [3.05, 3.63) is 57.8 Å². The monoisotopic (exact) mass is 346 g/mol. The zero-order chi connectivity index (χ0) is 17.9. The second-order valence-electron chi connectivity index (χ2n) is 4.74. The van der Waals surface area contributed by atoms with E-state index in [0.717, 1.165) is 29.2 Å². The summed E-state index contributed by atoms with van der Waals surface area (Å²) in [6.45, 7) is -0.825. The van der Waals surface area contributed by atoms with Crippen molar-refractivity contribution in [1.82, 2.24) is 14.9 Å². The van der Waals surface area contributed by atoms with E-state index >= 15 is 0 Å². The number of alkyl halides is 3. The molecule has 7 nitrogen and oxygen atoms in total. The number of nitrogens with zero attached hydrogens (tertiary/aromatic N) is 3.